The highest BCUT2D eigenvalue weighted by Crippen LogP contribution is 2.26. The largest absolute Gasteiger partial charge is 0.507 e. The first-order valence-corrected chi connectivity index (χ1v) is 11.1. The molecule has 2 saturated heterocycles. The third-order valence-electron chi connectivity index (χ3n) is 5.85. The van der Waals surface area contributed by atoms with Gasteiger partial charge in [0.15, 0.2) is 0 Å². The van der Waals surface area contributed by atoms with Gasteiger partial charge in [-0.3, -0.25) is 0 Å². The lowest BCUT2D eigenvalue weighted by atomic mass is 10.0. The van der Waals surface area contributed by atoms with E-state index in [9.17, 15) is 5.11 Å². The number of phenolic OH excluding ortho intramolecular Hbond substituents is 1. The maximum absolute atomic E-state index is 10.3. The van der Waals surface area contributed by atoms with Crippen LogP contribution in [0.2, 0.25) is 0 Å². The summed E-state index contributed by atoms with van der Waals surface area (Å²) in [5.74, 6) is 1.87. The maximum Gasteiger partial charge on any atom is 0.250 e. The molecule has 0 spiro atoms. The molecule has 5 rings (SSSR count). The molecule has 2 N–H and O–H groups in total. The fraction of sp³-hybridized carbons (Fsp3) is 0.391. The molecule has 0 bridgehead atoms. The highest BCUT2D eigenvalue weighted by Gasteiger charge is 2.20. The molecule has 0 radical (unpaired) electrons. The van der Waals surface area contributed by atoms with E-state index in [2.05, 4.69) is 30.3 Å². The number of fused-ring (bicyclic) bond motifs is 1. The number of morpholine rings is 1. The van der Waals surface area contributed by atoms with E-state index in [1.807, 2.05) is 30.3 Å². The van der Waals surface area contributed by atoms with Gasteiger partial charge >= 0.3 is 0 Å². The Bertz CT molecular complexity index is 1070. The van der Waals surface area contributed by atoms with Crippen LogP contribution in [0, 0.1) is 0 Å². The maximum atomic E-state index is 10.3. The molecule has 0 aliphatic carbocycles. The fourth-order valence-corrected chi connectivity index (χ4v) is 4.12. The molecule has 0 unspecified atom stereocenters. The van der Waals surface area contributed by atoms with Crippen LogP contribution in [0.5, 0.6) is 5.75 Å². The van der Waals surface area contributed by atoms with E-state index in [0.29, 0.717) is 36.6 Å². The van der Waals surface area contributed by atoms with Crippen LogP contribution in [0.3, 0.4) is 0 Å². The Labute approximate surface area is 186 Å². The third-order valence-corrected chi connectivity index (χ3v) is 5.85. The molecule has 0 saturated carbocycles. The molecule has 3 aromatic rings. The van der Waals surface area contributed by atoms with Gasteiger partial charge in [-0.2, -0.15) is 20.1 Å². The number of anilines is 3. The predicted octanol–water partition coefficient (Wildman–Crippen LogP) is 3.00. The number of hydrogen-bond donors (Lipinski definition) is 2. The van der Waals surface area contributed by atoms with Crippen molar-refractivity contribution in [3.05, 3.63) is 42.0 Å². The lowest BCUT2D eigenvalue weighted by molar-refractivity contribution is 0.122. The number of nitrogens with zero attached hydrogens (tertiary/aromatic N) is 6. The summed E-state index contributed by atoms with van der Waals surface area (Å²) in [4.78, 5) is 18.3. The Morgan fingerprint density at radius 1 is 0.875 bits per heavy atom. The van der Waals surface area contributed by atoms with Crippen molar-refractivity contribution < 1.29 is 9.84 Å². The summed E-state index contributed by atoms with van der Waals surface area (Å²) in [6.07, 6.45) is 5.12. The number of benzene rings is 2. The fourth-order valence-electron chi connectivity index (χ4n) is 4.12. The van der Waals surface area contributed by atoms with Gasteiger partial charge in [-0.05, 0) is 36.1 Å². The number of nitrogens with one attached hydrogen (secondary N) is 1. The van der Waals surface area contributed by atoms with Crippen LogP contribution >= 0.6 is 0 Å². The van der Waals surface area contributed by atoms with Crippen LogP contribution in [0.15, 0.2) is 41.5 Å². The zero-order valence-corrected chi connectivity index (χ0v) is 17.9. The van der Waals surface area contributed by atoms with Crippen LogP contribution in [0.1, 0.15) is 24.8 Å². The molecule has 1 aromatic heterocycles. The van der Waals surface area contributed by atoms with Crippen LogP contribution < -0.4 is 15.2 Å². The minimum Gasteiger partial charge on any atom is -0.507 e. The van der Waals surface area contributed by atoms with Crippen LogP contribution in [-0.2, 0) is 4.74 Å². The van der Waals surface area contributed by atoms with E-state index in [4.69, 9.17) is 9.72 Å². The first-order valence-electron chi connectivity index (χ1n) is 11.1. The smallest absolute Gasteiger partial charge is 0.250 e. The van der Waals surface area contributed by atoms with Gasteiger partial charge in [-0.15, -0.1) is 0 Å². The summed E-state index contributed by atoms with van der Waals surface area (Å²) in [5, 5.41) is 16.7. The van der Waals surface area contributed by atoms with Gasteiger partial charge in [0.25, 0.3) is 0 Å². The molecule has 9 nitrogen and oxygen atoms in total. The van der Waals surface area contributed by atoms with Crippen molar-refractivity contribution in [1.29, 1.82) is 0 Å². The standard InChI is InChI=1S/C23H27N7O2/c31-20-9-8-17-6-2-3-7-18(17)19(20)16-24-28-21-25-22(29-10-4-1-5-11-29)27-23(26-21)30-12-14-32-15-13-30/h2-3,6-9,16,31H,1,4-5,10-15H2,(H,25,26,27,28). The Balaban J connectivity index is 1.43. The molecule has 2 fully saturated rings. The summed E-state index contributed by atoms with van der Waals surface area (Å²) in [6, 6.07) is 11.4. The van der Waals surface area contributed by atoms with Gasteiger partial charge < -0.3 is 19.6 Å². The van der Waals surface area contributed by atoms with Gasteiger partial charge in [0.2, 0.25) is 17.8 Å². The molecular weight excluding hydrogens is 406 g/mol. The van der Waals surface area contributed by atoms with Crippen molar-refractivity contribution in [2.24, 2.45) is 5.10 Å². The summed E-state index contributed by atoms with van der Waals surface area (Å²) in [5.41, 5.74) is 3.60. The molecule has 166 valence electrons. The zero-order valence-electron chi connectivity index (χ0n) is 17.9. The minimum absolute atomic E-state index is 0.174. The second-order valence-electron chi connectivity index (χ2n) is 8.00. The van der Waals surface area contributed by atoms with Gasteiger partial charge in [0.05, 0.1) is 19.4 Å². The minimum atomic E-state index is 0.174. The molecule has 0 amide bonds. The number of aromatic hydroxyl groups is 1. The van der Waals surface area contributed by atoms with Crippen molar-refractivity contribution in [1.82, 2.24) is 15.0 Å². The number of rotatable bonds is 5. The highest BCUT2D eigenvalue weighted by molar-refractivity contribution is 6.02. The van der Waals surface area contributed by atoms with Gasteiger partial charge in [0.1, 0.15) is 5.75 Å². The van der Waals surface area contributed by atoms with Crippen molar-refractivity contribution in [2.45, 2.75) is 19.3 Å². The average molecular weight is 434 g/mol. The van der Waals surface area contributed by atoms with Crippen molar-refractivity contribution in [2.75, 3.05) is 54.6 Å². The van der Waals surface area contributed by atoms with E-state index in [-0.39, 0.29) is 5.75 Å². The number of hydrazone groups is 1. The number of phenols is 1. The number of hydrogen-bond acceptors (Lipinski definition) is 9. The van der Waals surface area contributed by atoms with E-state index in [1.54, 1.807) is 12.3 Å². The molecule has 2 aliphatic heterocycles. The first kappa shape index (κ1) is 20.4. The molecule has 9 heteroatoms. The number of piperidine rings is 1. The molecule has 2 aliphatic rings. The second kappa shape index (κ2) is 9.35. The molecule has 32 heavy (non-hydrogen) atoms. The summed E-state index contributed by atoms with van der Waals surface area (Å²) in [6.45, 7) is 4.70. The highest BCUT2D eigenvalue weighted by atomic mass is 16.5. The van der Waals surface area contributed by atoms with Crippen molar-refractivity contribution >= 4 is 34.8 Å². The first-order chi connectivity index (χ1) is 15.8. The number of ether oxygens (including phenoxy) is 1. The van der Waals surface area contributed by atoms with Gasteiger partial charge in [-0.1, -0.05) is 30.3 Å². The summed E-state index contributed by atoms with van der Waals surface area (Å²) < 4.78 is 5.47. The molecule has 3 heterocycles. The van der Waals surface area contributed by atoms with Crippen molar-refractivity contribution in [3.63, 3.8) is 0 Å². The second-order valence-corrected chi connectivity index (χ2v) is 8.00. The Morgan fingerprint density at radius 3 is 2.38 bits per heavy atom. The van der Waals surface area contributed by atoms with Gasteiger partial charge in [-0.25, -0.2) is 5.43 Å². The van der Waals surface area contributed by atoms with E-state index < -0.39 is 0 Å². The van der Waals surface area contributed by atoms with E-state index >= 15 is 0 Å². The lowest BCUT2D eigenvalue weighted by Gasteiger charge is -2.30. The topological polar surface area (TPSA) is 99.0 Å². The average Bonchev–Trinajstić information content (AvgIpc) is 2.86. The molecule has 0 atom stereocenters. The SMILES string of the molecule is Oc1ccc2ccccc2c1C=NNc1nc(N2CCCCC2)nc(N2CCOCC2)n1. The van der Waals surface area contributed by atoms with Crippen LogP contribution in [-0.4, -0.2) is 65.7 Å². The lowest BCUT2D eigenvalue weighted by Crippen LogP contribution is -2.38. The zero-order chi connectivity index (χ0) is 21.8. The Morgan fingerprint density at radius 2 is 1.59 bits per heavy atom. The Kier molecular flexibility index (Phi) is 5.98. The summed E-state index contributed by atoms with van der Waals surface area (Å²) in [7, 11) is 0. The molecule has 2 aromatic carbocycles. The van der Waals surface area contributed by atoms with Gasteiger partial charge in [0, 0.05) is 31.7 Å². The van der Waals surface area contributed by atoms with Crippen LogP contribution in [0.4, 0.5) is 17.8 Å². The number of aromatic nitrogens is 3. The van der Waals surface area contributed by atoms with Crippen LogP contribution in [0.25, 0.3) is 10.8 Å². The normalized spacial score (nSPS) is 17.2. The third kappa shape index (κ3) is 4.43. The quantitative estimate of drug-likeness (QED) is 0.468. The van der Waals surface area contributed by atoms with E-state index in [0.717, 1.165) is 49.8 Å². The van der Waals surface area contributed by atoms with Crippen molar-refractivity contribution in [3.8, 4) is 5.75 Å². The van der Waals surface area contributed by atoms with E-state index in [1.165, 1.54) is 6.42 Å². The summed E-state index contributed by atoms with van der Waals surface area (Å²) >= 11 is 0. The predicted molar refractivity (Wildman–Crippen MR) is 126 cm³/mol. The monoisotopic (exact) mass is 433 g/mol. The Hall–Kier alpha value is -3.46. The molecular formula is C23H27N7O2.